The zero-order valence-corrected chi connectivity index (χ0v) is 7.64. The lowest BCUT2D eigenvalue weighted by Gasteiger charge is -2.17. The molecule has 0 bridgehead atoms. The van der Waals surface area contributed by atoms with Gasteiger partial charge in [-0.05, 0) is 54.8 Å². The topological polar surface area (TPSA) is 0 Å². The summed E-state index contributed by atoms with van der Waals surface area (Å²) in [6, 6.07) is 0. The monoisotopic (exact) mass is 150 g/mol. The van der Waals surface area contributed by atoms with Crippen molar-refractivity contribution in [2.45, 2.75) is 39.5 Å². The Hall–Kier alpha value is 0. The van der Waals surface area contributed by atoms with E-state index in [1.807, 2.05) is 0 Å². The minimum absolute atomic E-state index is 0.957. The van der Waals surface area contributed by atoms with Gasteiger partial charge in [-0.3, -0.25) is 0 Å². The SMILES string of the molecule is CC(C)C1CC2C(C1)C21CC1. The molecule has 3 fully saturated rings. The third-order valence-electron chi connectivity index (χ3n) is 4.74. The van der Waals surface area contributed by atoms with Crippen molar-refractivity contribution in [3.8, 4) is 0 Å². The maximum absolute atomic E-state index is 2.40. The van der Waals surface area contributed by atoms with Crippen LogP contribution >= 0.6 is 0 Å². The Balaban J connectivity index is 1.68. The molecule has 0 aliphatic heterocycles. The van der Waals surface area contributed by atoms with Crippen LogP contribution in [0.1, 0.15) is 39.5 Å². The molecule has 3 saturated carbocycles. The van der Waals surface area contributed by atoms with Crippen molar-refractivity contribution in [1.29, 1.82) is 0 Å². The number of hydrogen-bond acceptors (Lipinski definition) is 0. The van der Waals surface area contributed by atoms with Gasteiger partial charge in [0.25, 0.3) is 0 Å². The van der Waals surface area contributed by atoms with E-state index in [9.17, 15) is 0 Å². The molecule has 0 N–H and O–H groups in total. The highest BCUT2D eigenvalue weighted by Gasteiger charge is 2.73. The third-order valence-corrected chi connectivity index (χ3v) is 4.74. The van der Waals surface area contributed by atoms with Crippen molar-refractivity contribution in [3.63, 3.8) is 0 Å². The molecular weight excluding hydrogens is 132 g/mol. The van der Waals surface area contributed by atoms with E-state index < -0.39 is 0 Å². The van der Waals surface area contributed by atoms with E-state index in [2.05, 4.69) is 13.8 Å². The van der Waals surface area contributed by atoms with Crippen LogP contribution in [-0.2, 0) is 0 Å². The summed E-state index contributed by atoms with van der Waals surface area (Å²) in [4.78, 5) is 0. The molecule has 62 valence electrons. The second-order valence-electron chi connectivity index (χ2n) is 5.42. The molecule has 2 atom stereocenters. The van der Waals surface area contributed by atoms with Gasteiger partial charge in [-0.2, -0.15) is 0 Å². The molecule has 0 aromatic heterocycles. The Morgan fingerprint density at radius 1 is 1.09 bits per heavy atom. The van der Waals surface area contributed by atoms with Crippen molar-refractivity contribution in [3.05, 3.63) is 0 Å². The van der Waals surface area contributed by atoms with Crippen LogP contribution < -0.4 is 0 Å². The summed E-state index contributed by atoms with van der Waals surface area (Å²) in [6.45, 7) is 4.80. The zero-order chi connectivity index (χ0) is 7.64. The Labute approximate surface area is 69.4 Å². The van der Waals surface area contributed by atoms with Gasteiger partial charge in [0, 0.05) is 0 Å². The number of hydrogen-bond donors (Lipinski definition) is 0. The molecule has 3 rings (SSSR count). The smallest absolute Gasteiger partial charge is 0.0235 e. The van der Waals surface area contributed by atoms with E-state index in [1.165, 1.54) is 11.8 Å². The fraction of sp³-hybridized carbons (Fsp3) is 1.00. The van der Waals surface area contributed by atoms with Crippen molar-refractivity contribution in [2.75, 3.05) is 0 Å². The average molecular weight is 150 g/mol. The van der Waals surface area contributed by atoms with Crippen molar-refractivity contribution >= 4 is 0 Å². The van der Waals surface area contributed by atoms with Crippen molar-refractivity contribution in [1.82, 2.24) is 0 Å². The third kappa shape index (κ3) is 0.666. The molecule has 2 unspecified atom stereocenters. The van der Waals surface area contributed by atoms with Crippen LogP contribution in [0.5, 0.6) is 0 Å². The van der Waals surface area contributed by atoms with E-state index in [1.54, 1.807) is 25.7 Å². The number of fused-ring (bicyclic) bond motifs is 3. The molecule has 0 heterocycles. The van der Waals surface area contributed by atoms with Gasteiger partial charge >= 0.3 is 0 Å². The summed E-state index contributed by atoms with van der Waals surface area (Å²) >= 11 is 0. The van der Waals surface area contributed by atoms with Crippen LogP contribution in [0.2, 0.25) is 0 Å². The van der Waals surface area contributed by atoms with E-state index in [0.717, 1.165) is 17.3 Å². The Bertz CT molecular complexity index is 174. The Morgan fingerprint density at radius 3 is 2.00 bits per heavy atom. The lowest BCUT2D eigenvalue weighted by atomic mass is 9.89. The van der Waals surface area contributed by atoms with Crippen molar-refractivity contribution in [2.24, 2.45) is 29.1 Å². The summed E-state index contributed by atoms with van der Waals surface area (Å²) in [5.74, 6) is 4.46. The van der Waals surface area contributed by atoms with Crippen LogP contribution in [0.3, 0.4) is 0 Å². The van der Waals surface area contributed by atoms with Crippen LogP contribution in [-0.4, -0.2) is 0 Å². The number of rotatable bonds is 1. The largest absolute Gasteiger partial charge is 0.0625 e. The van der Waals surface area contributed by atoms with Gasteiger partial charge in [-0.15, -0.1) is 0 Å². The van der Waals surface area contributed by atoms with Crippen molar-refractivity contribution < 1.29 is 0 Å². The quantitative estimate of drug-likeness (QED) is 0.539. The molecule has 3 aliphatic carbocycles. The fourth-order valence-corrected chi connectivity index (χ4v) is 3.65. The molecule has 0 radical (unpaired) electrons. The molecule has 1 spiro atoms. The van der Waals surface area contributed by atoms with E-state index in [4.69, 9.17) is 0 Å². The summed E-state index contributed by atoms with van der Waals surface area (Å²) in [5, 5.41) is 0. The fourth-order valence-electron chi connectivity index (χ4n) is 3.65. The molecule has 0 nitrogen and oxygen atoms in total. The molecule has 0 heteroatoms. The molecule has 11 heavy (non-hydrogen) atoms. The molecule has 0 saturated heterocycles. The van der Waals surface area contributed by atoms with Gasteiger partial charge in [0.05, 0.1) is 0 Å². The van der Waals surface area contributed by atoms with Crippen LogP contribution in [0.25, 0.3) is 0 Å². The molecule has 0 aromatic rings. The summed E-state index contributed by atoms with van der Waals surface area (Å²) in [5.41, 5.74) is 0.978. The first-order valence-electron chi connectivity index (χ1n) is 5.24. The van der Waals surface area contributed by atoms with E-state index in [-0.39, 0.29) is 0 Å². The predicted octanol–water partition coefficient (Wildman–Crippen LogP) is 3.08. The molecule has 0 amide bonds. The van der Waals surface area contributed by atoms with Crippen LogP contribution in [0, 0.1) is 29.1 Å². The first-order chi connectivity index (χ1) is 5.24. The van der Waals surface area contributed by atoms with Gasteiger partial charge in [0.1, 0.15) is 0 Å². The van der Waals surface area contributed by atoms with Gasteiger partial charge in [0.2, 0.25) is 0 Å². The average Bonchev–Trinajstić information content (AvgIpc) is 2.79. The standard InChI is InChI=1S/C11H18/c1-7(2)8-5-9-10(6-8)11(9)3-4-11/h7-10H,3-6H2,1-2H3. The minimum atomic E-state index is 0.957. The Kier molecular flexibility index (Phi) is 0.990. The minimum Gasteiger partial charge on any atom is -0.0625 e. The lowest BCUT2D eigenvalue weighted by molar-refractivity contribution is 0.333. The summed E-state index contributed by atoms with van der Waals surface area (Å²) in [6.07, 6.45) is 6.35. The predicted molar refractivity (Wildman–Crippen MR) is 46.2 cm³/mol. The van der Waals surface area contributed by atoms with E-state index in [0.29, 0.717) is 0 Å². The van der Waals surface area contributed by atoms with E-state index >= 15 is 0 Å². The van der Waals surface area contributed by atoms with Gasteiger partial charge in [0.15, 0.2) is 0 Å². The summed E-state index contributed by atoms with van der Waals surface area (Å²) < 4.78 is 0. The Morgan fingerprint density at radius 2 is 1.64 bits per heavy atom. The maximum Gasteiger partial charge on any atom is -0.0235 e. The summed E-state index contributed by atoms with van der Waals surface area (Å²) in [7, 11) is 0. The van der Waals surface area contributed by atoms with Gasteiger partial charge < -0.3 is 0 Å². The molecule has 3 aliphatic rings. The first-order valence-corrected chi connectivity index (χ1v) is 5.24. The highest BCUT2D eigenvalue weighted by atomic mass is 14.8. The van der Waals surface area contributed by atoms with Gasteiger partial charge in [-0.25, -0.2) is 0 Å². The lowest BCUT2D eigenvalue weighted by Crippen LogP contribution is -2.07. The zero-order valence-electron chi connectivity index (χ0n) is 7.64. The molecular formula is C11H18. The van der Waals surface area contributed by atoms with Crippen LogP contribution in [0.15, 0.2) is 0 Å². The molecule has 0 aromatic carbocycles. The first kappa shape index (κ1) is 6.51. The highest BCUT2D eigenvalue weighted by molar-refractivity contribution is 5.22. The highest BCUT2D eigenvalue weighted by Crippen LogP contribution is 2.81. The maximum atomic E-state index is 2.40. The van der Waals surface area contributed by atoms with Crippen LogP contribution in [0.4, 0.5) is 0 Å². The van der Waals surface area contributed by atoms with Gasteiger partial charge in [-0.1, -0.05) is 13.8 Å². The second kappa shape index (κ2) is 1.67. The second-order valence-corrected chi connectivity index (χ2v) is 5.42. The normalized spacial score (nSPS) is 49.9.